The van der Waals surface area contributed by atoms with Crippen LogP contribution in [0.2, 0.25) is 0 Å². The monoisotopic (exact) mass is 113 g/mol. The van der Waals surface area contributed by atoms with Crippen LogP contribution in [-0.4, -0.2) is 12.2 Å². The first kappa shape index (κ1) is 6.09. The van der Waals surface area contributed by atoms with Gasteiger partial charge in [0, 0.05) is 0 Å². The lowest BCUT2D eigenvalue weighted by Crippen LogP contribution is -1.89. The Kier molecular flexibility index (Phi) is 1.90. The maximum atomic E-state index is 5.24. The number of ether oxygens (including phenoxy) is 1. The second-order valence-electron chi connectivity index (χ2n) is 2.29. The van der Waals surface area contributed by atoms with Crippen LogP contribution < -0.4 is 0 Å². The fourth-order valence-corrected chi connectivity index (χ4v) is 0.972. The van der Waals surface area contributed by atoms with E-state index in [1.165, 1.54) is 12.8 Å². The van der Waals surface area contributed by atoms with Crippen LogP contribution in [0, 0.1) is 6.92 Å². The van der Waals surface area contributed by atoms with Crippen LogP contribution in [0.1, 0.15) is 26.2 Å². The van der Waals surface area contributed by atoms with Crippen LogP contribution >= 0.6 is 0 Å². The quantitative estimate of drug-likeness (QED) is 0.508. The summed E-state index contributed by atoms with van der Waals surface area (Å²) in [7, 11) is 0. The first-order valence-corrected chi connectivity index (χ1v) is 3.33. The first-order chi connectivity index (χ1) is 3.88. The molecule has 0 N–H and O–H groups in total. The maximum absolute atomic E-state index is 5.24. The van der Waals surface area contributed by atoms with Crippen molar-refractivity contribution in [2.75, 3.05) is 0 Å². The third-order valence-corrected chi connectivity index (χ3v) is 1.55. The van der Waals surface area contributed by atoms with Crippen molar-refractivity contribution in [2.24, 2.45) is 0 Å². The molecule has 1 nitrogen and oxygen atoms in total. The minimum Gasteiger partial charge on any atom is -0.370 e. The molecule has 0 amide bonds. The minimum atomic E-state index is 0.509. The van der Waals surface area contributed by atoms with E-state index in [9.17, 15) is 0 Å². The molecule has 0 bridgehead atoms. The van der Waals surface area contributed by atoms with Crippen molar-refractivity contribution in [3.63, 3.8) is 0 Å². The summed E-state index contributed by atoms with van der Waals surface area (Å²) in [6, 6.07) is 0. The zero-order chi connectivity index (χ0) is 5.98. The van der Waals surface area contributed by atoms with Gasteiger partial charge in [0.15, 0.2) is 0 Å². The molecule has 1 fully saturated rings. The van der Waals surface area contributed by atoms with Crippen LogP contribution in [0.5, 0.6) is 0 Å². The lowest BCUT2D eigenvalue weighted by Gasteiger charge is -1.84. The first-order valence-electron chi connectivity index (χ1n) is 3.33. The fourth-order valence-electron chi connectivity index (χ4n) is 0.972. The van der Waals surface area contributed by atoms with Gasteiger partial charge in [0.2, 0.25) is 0 Å². The molecule has 2 atom stereocenters. The Hall–Kier alpha value is -0.0400. The van der Waals surface area contributed by atoms with Crippen LogP contribution in [0.3, 0.4) is 0 Å². The van der Waals surface area contributed by atoms with Crippen molar-refractivity contribution in [1.82, 2.24) is 0 Å². The van der Waals surface area contributed by atoms with Crippen LogP contribution in [0.25, 0.3) is 0 Å². The number of epoxide rings is 1. The largest absolute Gasteiger partial charge is 0.370 e. The van der Waals surface area contributed by atoms with Crippen LogP contribution in [0.4, 0.5) is 0 Å². The molecular weight excluding hydrogens is 100 g/mol. The Morgan fingerprint density at radius 2 is 2.25 bits per heavy atom. The summed E-state index contributed by atoms with van der Waals surface area (Å²) in [5.41, 5.74) is 0. The summed E-state index contributed by atoms with van der Waals surface area (Å²) in [5.74, 6) is 0. The highest BCUT2D eigenvalue weighted by Gasteiger charge is 2.35. The van der Waals surface area contributed by atoms with Gasteiger partial charge in [-0.3, -0.25) is 0 Å². The molecule has 2 unspecified atom stereocenters. The van der Waals surface area contributed by atoms with E-state index in [-0.39, 0.29) is 0 Å². The van der Waals surface area contributed by atoms with E-state index in [1.54, 1.807) is 0 Å². The molecule has 0 aliphatic carbocycles. The van der Waals surface area contributed by atoms with Crippen LogP contribution in [0.15, 0.2) is 0 Å². The Morgan fingerprint density at radius 3 is 2.62 bits per heavy atom. The zero-order valence-corrected chi connectivity index (χ0v) is 5.39. The molecule has 0 aromatic carbocycles. The minimum absolute atomic E-state index is 0.509. The van der Waals surface area contributed by atoms with Gasteiger partial charge in [0.05, 0.1) is 12.2 Å². The van der Waals surface area contributed by atoms with Gasteiger partial charge in [-0.15, -0.1) is 0 Å². The molecule has 0 spiro atoms. The lowest BCUT2D eigenvalue weighted by molar-refractivity contribution is 0.362. The number of hydrogen-bond acceptors (Lipinski definition) is 1. The van der Waals surface area contributed by atoms with E-state index in [1.807, 2.05) is 0 Å². The molecule has 1 heteroatoms. The second-order valence-corrected chi connectivity index (χ2v) is 2.29. The van der Waals surface area contributed by atoms with Gasteiger partial charge < -0.3 is 4.74 Å². The Morgan fingerprint density at radius 1 is 1.50 bits per heavy atom. The molecule has 0 aromatic heterocycles. The summed E-state index contributed by atoms with van der Waals surface area (Å²) in [5, 5.41) is 0. The second kappa shape index (κ2) is 2.49. The average molecular weight is 113 g/mol. The normalized spacial score (nSPS) is 35.2. The predicted octanol–water partition coefficient (Wildman–Crippen LogP) is 1.78. The summed E-state index contributed by atoms with van der Waals surface area (Å²) < 4.78 is 5.24. The van der Waals surface area contributed by atoms with Crippen molar-refractivity contribution < 1.29 is 4.74 Å². The predicted molar refractivity (Wildman–Crippen MR) is 33.5 cm³/mol. The molecule has 1 rings (SSSR count). The topological polar surface area (TPSA) is 12.5 Å². The third-order valence-electron chi connectivity index (χ3n) is 1.55. The van der Waals surface area contributed by atoms with Crippen LogP contribution in [-0.2, 0) is 4.74 Å². The summed E-state index contributed by atoms with van der Waals surface area (Å²) in [6.07, 6.45) is 4.49. The summed E-state index contributed by atoms with van der Waals surface area (Å²) >= 11 is 0. The fraction of sp³-hybridized carbons (Fsp3) is 0.857. The maximum Gasteiger partial charge on any atom is 0.0841 e. The van der Waals surface area contributed by atoms with E-state index in [4.69, 9.17) is 4.74 Å². The highest BCUT2D eigenvalue weighted by molar-refractivity contribution is 4.84. The Bertz CT molecular complexity index is 70.8. The molecule has 8 heavy (non-hydrogen) atoms. The number of hydrogen-bond donors (Lipinski definition) is 0. The molecule has 1 saturated heterocycles. The standard InChI is InChI=1S/C7H13O/c1-3-5-7-6(4-2)8-7/h6-7H,2-5H2,1H3. The van der Waals surface area contributed by atoms with E-state index in [0.29, 0.717) is 12.2 Å². The van der Waals surface area contributed by atoms with Gasteiger partial charge in [0.25, 0.3) is 0 Å². The van der Waals surface area contributed by atoms with Crippen molar-refractivity contribution in [3.05, 3.63) is 6.92 Å². The van der Waals surface area contributed by atoms with E-state index >= 15 is 0 Å². The Balaban J connectivity index is 1.99. The SMILES string of the molecule is [CH2]CC1OC1CCC. The number of rotatable bonds is 3. The smallest absolute Gasteiger partial charge is 0.0841 e. The highest BCUT2D eigenvalue weighted by Crippen LogP contribution is 2.28. The van der Waals surface area contributed by atoms with Crippen molar-refractivity contribution in [1.29, 1.82) is 0 Å². The van der Waals surface area contributed by atoms with Gasteiger partial charge in [-0.2, -0.15) is 0 Å². The van der Waals surface area contributed by atoms with Crippen molar-refractivity contribution >= 4 is 0 Å². The van der Waals surface area contributed by atoms with E-state index < -0.39 is 0 Å². The van der Waals surface area contributed by atoms with Gasteiger partial charge in [-0.25, -0.2) is 0 Å². The molecule has 1 radical (unpaired) electrons. The Labute approximate surface area is 51.0 Å². The molecule has 47 valence electrons. The van der Waals surface area contributed by atoms with Crippen molar-refractivity contribution in [2.45, 2.75) is 38.4 Å². The van der Waals surface area contributed by atoms with E-state index in [0.717, 1.165) is 6.42 Å². The van der Waals surface area contributed by atoms with Gasteiger partial charge in [0.1, 0.15) is 0 Å². The lowest BCUT2D eigenvalue weighted by atomic mass is 10.2. The molecular formula is C7H13O. The zero-order valence-electron chi connectivity index (χ0n) is 5.39. The van der Waals surface area contributed by atoms with Gasteiger partial charge >= 0.3 is 0 Å². The molecule has 0 aromatic rings. The average Bonchev–Trinajstić information content (AvgIpc) is 2.48. The van der Waals surface area contributed by atoms with Gasteiger partial charge in [-0.1, -0.05) is 20.3 Å². The molecule has 1 aliphatic heterocycles. The molecule has 1 aliphatic rings. The van der Waals surface area contributed by atoms with E-state index in [2.05, 4.69) is 13.8 Å². The van der Waals surface area contributed by atoms with Crippen molar-refractivity contribution in [3.8, 4) is 0 Å². The summed E-state index contributed by atoms with van der Waals surface area (Å²) in [4.78, 5) is 0. The molecule has 0 saturated carbocycles. The third kappa shape index (κ3) is 1.22. The highest BCUT2D eigenvalue weighted by atomic mass is 16.6. The molecule has 1 heterocycles. The van der Waals surface area contributed by atoms with Gasteiger partial charge in [-0.05, 0) is 12.8 Å². The summed E-state index contributed by atoms with van der Waals surface area (Å²) in [6.45, 7) is 5.94.